The molecule has 0 bridgehead atoms. The van der Waals surface area contributed by atoms with Gasteiger partial charge in [0.25, 0.3) is 0 Å². The lowest BCUT2D eigenvalue weighted by molar-refractivity contribution is -0.137. The lowest BCUT2D eigenvalue weighted by Crippen LogP contribution is -2.30. The average molecular weight is 398 g/mol. The Kier molecular flexibility index (Phi) is 7.43. The van der Waals surface area contributed by atoms with Crippen molar-refractivity contribution < 1.29 is 29.0 Å². The van der Waals surface area contributed by atoms with E-state index in [1.165, 1.54) is 11.3 Å². The van der Waals surface area contributed by atoms with E-state index in [1.807, 2.05) is 0 Å². The first-order chi connectivity index (χ1) is 12.5. The van der Waals surface area contributed by atoms with Crippen LogP contribution in [-0.2, 0) is 14.3 Å². The molecular weight excluding hydrogens is 382 g/mol. The van der Waals surface area contributed by atoms with E-state index < -0.39 is 30.7 Å². The molecule has 0 aliphatic carbocycles. The number of halogens is 1. The molecule has 1 aromatic carbocycles. The number of hydrogen-bond acceptors (Lipinski definition) is 6. The van der Waals surface area contributed by atoms with Crippen LogP contribution in [0.3, 0.4) is 0 Å². The standard InChI is InChI=1S/C17H16ClNO6S/c18-13-5-3-11(4-6-13)12(8-15(20)21)9-19-17(23)25-10-24-16(22)14-2-1-7-26-14/h1-7,12H,8-10H2,(H,19,23)(H,20,21)/t12-/m0/s1. The molecule has 1 aromatic heterocycles. The van der Waals surface area contributed by atoms with E-state index in [9.17, 15) is 14.4 Å². The van der Waals surface area contributed by atoms with Crippen molar-refractivity contribution >= 4 is 41.0 Å². The van der Waals surface area contributed by atoms with Gasteiger partial charge in [-0.05, 0) is 29.1 Å². The van der Waals surface area contributed by atoms with Gasteiger partial charge in [0.15, 0.2) is 0 Å². The van der Waals surface area contributed by atoms with Crippen LogP contribution in [-0.4, -0.2) is 36.5 Å². The molecule has 0 aliphatic rings. The van der Waals surface area contributed by atoms with Crippen LogP contribution in [0.5, 0.6) is 0 Å². The molecule has 2 N–H and O–H groups in total. The van der Waals surface area contributed by atoms with Gasteiger partial charge < -0.3 is 19.9 Å². The maximum Gasteiger partial charge on any atom is 0.410 e. The summed E-state index contributed by atoms with van der Waals surface area (Å²) in [5.41, 5.74) is 0.723. The summed E-state index contributed by atoms with van der Waals surface area (Å²) in [6, 6.07) is 9.99. The number of esters is 1. The highest BCUT2D eigenvalue weighted by Crippen LogP contribution is 2.21. The molecule has 0 spiro atoms. The summed E-state index contributed by atoms with van der Waals surface area (Å²) in [5.74, 6) is -2.03. The summed E-state index contributed by atoms with van der Waals surface area (Å²) in [5, 5.41) is 13.8. The molecule has 0 aliphatic heterocycles. The van der Waals surface area contributed by atoms with Crippen molar-refractivity contribution in [3.05, 3.63) is 57.2 Å². The van der Waals surface area contributed by atoms with Crippen LogP contribution in [0.15, 0.2) is 41.8 Å². The van der Waals surface area contributed by atoms with Crippen LogP contribution in [0.4, 0.5) is 4.79 Å². The maximum atomic E-state index is 11.7. The monoisotopic (exact) mass is 397 g/mol. The second-order valence-electron chi connectivity index (χ2n) is 5.19. The summed E-state index contributed by atoms with van der Waals surface area (Å²) >= 11 is 7.04. The van der Waals surface area contributed by atoms with Crippen molar-refractivity contribution in [1.82, 2.24) is 5.32 Å². The first-order valence-electron chi connectivity index (χ1n) is 7.54. The van der Waals surface area contributed by atoms with Crippen LogP contribution in [0, 0.1) is 0 Å². The SMILES string of the molecule is O=C(O)C[C@@H](CNC(=O)OCOC(=O)c1cccs1)c1ccc(Cl)cc1. The van der Waals surface area contributed by atoms with Gasteiger partial charge in [-0.1, -0.05) is 29.8 Å². The fourth-order valence-electron chi connectivity index (χ4n) is 2.11. The molecule has 1 amide bonds. The Morgan fingerprint density at radius 3 is 2.50 bits per heavy atom. The van der Waals surface area contributed by atoms with Crippen molar-refractivity contribution in [3.8, 4) is 0 Å². The Bertz CT molecular complexity index is 747. The Labute approximate surface area is 158 Å². The minimum atomic E-state index is -0.995. The molecule has 2 aromatic rings. The van der Waals surface area contributed by atoms with Gasteiger partial charge in [0.1, 0.15) is 4.88 Å². The zero-order valence-corrected chi connectivity index (χ0v) is 15.1. The first-order valence-corrected chi connectivity index (χ1v) is 8.80. The van der Waals surface area contributed by atoms with Gasteiger partial charge in [0.2, 0.25) is 6.79 Å². The number of carboxylic acids is 1. The van der Waals surface area contributed by atoms with Crippen molar-refractivity contribution in [2.75, 3.05) is 13.3 Å². The van der Waals surface area contributed by atoms with E-state index in [2.05, 4.69) is 5.32 Å². The zero-order chi connectivity index (χ0) is 18.9. The fourth-order valence-corrected chi connectivity index (χ4v) is 2.86. The Balaban J connectivity index is 1.79. The number of nitrogens with one attached hydrogen (secondary N) is 1. The number of hydrogen-bond donors (Lipinski definition) is 2. The molecule has 0 fully saturated rings. The molecule has 0 saturated carbocycles. The fraction of sp³-hybridized carbons (Fsp3) is 0.235. The van der Waals surface area contributed by atoms with Crippen LogP contribution < -0.4 is 5.32 Å². The second kappa shape index (κ2) is 9.79. The van der Waals surface area contributed by atoms with Crippen molar-refractivity contribution in [2.45, 2.75) is 12.3 Å². The molecule has 0 saturated heterocycles. The summed E-state index contributed by atoms with van der Waals surface area (Å²) in [4.78, 5) is 34.7. The molecule has 138 valence electrons. The third kappa shape index (κ3) is 6.38. The summed E-state index contributed by atoms with van der Waals surface area (Å²) in [6.45, 7) is -0.487. The highest BCUT2D eigenvalue weighted by Gasteiger charge is 2.17. The minimum absolute atomic E-state index is 0.0473. The predicted molar refractivity (Wildman–Crippen MR) is 95.5 cm³/mol. The molecule has 7 nitrogen and oxygen atoms in total. The minimum Gasteiger partial charge on any atom is -0.481 e. The first kappa shape index (κ1) is 19.7. The van der Waals surface area contributed by atoms with E-state index in [-0.39, 0.29) is 13.0 Å². The van der Waals surface area contributed by atoms with Crippen LogP contribution in [0.25, 0.3) is 0 Å². The number of carbonyl (C=O) groups excluding carboxylic acids is 2. The van der Waals surface area contributed by atoms with Gasteiger partial charge in [-0.2, -0.15) is 0 Å². The number of amides is 1. The molecule has 0 unspecified atom stereocenters. The summed E-state index contributed by atoms with van der Waals surface area (Å²) < 4.78 is 9.57. The van der Waals surface area contributed by atoms with Gasteiger partial charge in [0, 0.05) is 17.5 Å². The number of aliphatic carboxylic acids is 1. The average Bonchev–Trinajstić information content (AvgIpc) is 3.13. The lowest BCUT2D eigenvalue weighted by Gasteiger charge is -2.16. The largest absolute Gasteiger partial charge is 0.481 e. The van der Waals surface area contributed by atoms with Gasteiger partial charge in [-0.3, -0.25) is 4.79 Å². The third-order valence-electron chi connectivity index (χ3n) is 3.36. The Hall–Kier alpha value is -2.58. The number of carbonyl (C=O) groups is 3. The second-order valence-corrected chi connectivity index (χ2v) is 6.57. The Morgan fingerprint density at radius 1 is 1.15 bits per heavy atom. The van der Waals surface area contributed by atoms with E-state index in [0.29, 0.717) is 9.90 Å². The number of benzene rings is 1. The number of carboxylic acid groups (broad SMARTS) is 1. The summed E-state index contributed by atoms with van der Waals surface area (Å²) in [7, 11) is 0. The van der Waals surface area contributed by atoms with Crippen LogP contribution in [0.1, 0.15) is 27.6 Å². The maximum absolute atomic E-state index is 11.7. The van der Waals surface area contributed by atoms with E-state index >= 15 is 0 Å². The van der Waals surface area contributed by atoms with Gasteiger partial charge >= 0.3 is 18.0 Å². The van der Waals surface area contributed by atoms with Gasteiger partial charge in [-0.25, -0.2) is 9.59 Å². The molecule has 2 rings (SSSR count). The van der Waals surface area contributed by atoms with Crippen molar-refractivity contribution in [1.29, 1.82) is 0 Å². The van der Waals surface area contributed by atoms with E-state index in [4.69, 9.17) is 26.2 Å². The topological polar surface area (TPSA) is 102 Å². The quantitative estimate of drug-likeness (QED) is 0.522. The van der Waals surface area contributed by atoms with Gasteiger partial charge in [-0.15, -0.1) is 11.3 Å². The third-order valence-corrected chi connectivity index (χ3v) is 4.46. The smallest absolute Gasteiger partial charge is 0.410 e. The molecule has 9 heteroatoms. The lowest BCUT2D eigenvalue weighted by atomic mass is 9.96. The number of alkyl carbamates (subject to hydrolysis) is 1. The molecular formula is C17H16ClNO6S. The zero-order valence-electron chi connectivity index (χ0n) is 13.5. The number of rotatable bonds is 8. The molecule has 1 heterocycles. The van der Waals surface area contributed by atoms with Crippen molar-refractivity contribution in [3.63, 3.8) is 0 Å². The predicted octanol–water partition coefficient (Wildman–Crippen LogP) is 3.50. The highest BCUT2D eigenvalue weighted by atomic mass is 35.5. The van der Waals surface area contributed by atoms with Crippen LogP contribution >= 0.6 is 22.9 Å². The molecule has 1 atom stereocenters. The van der Waals surface area contributed by atoms with Crippen LogP contribution in [0.2, 0.25) is 5.02 Å². The van der Waals surface area contributed by atoms with E-state index in [0.717, 1.165) is 5.56 Å². The Morgan fingerprint density at radius 2 is 1.88 bits per heavy atom. The normalized spacial score (nSPS) is 11.4. The number of thiophene rings is 1. The van der Waals surface area contributed by atoms with Gasteiger partial charge in [0.05, 0.1) is 6.42 Å². The molecule has 0 radical (unpaired) electrons. The molecule has 26 heavy (non-hydrogen) atoms. The summed E-state index contributed by atoms with van der Waals surface area (Å²) in [6.07, 6.45) is -0.983. The number of ether oxygens (including phenoxy) is 2. The van der Waals surface area contributed by atoms with Crippen molar-refractivity contribution in [2.24, 2.45) is 0 Å². The van der Waals surface area contributed by atoms with E-state index in [1.54, 1.807) is 41.8 Å². The highest BCUT2D eigenvalue weighted by molar-refractivity contribution is 7.11.